The lowest BCUT2D eigenvalue weighted by atomic mass is 10.0. The molecule has 2 aromatic carbocycles. The van der Waals surface area contributed by atoms with Gasteiger partial charge in [0.05, 0.1) is 5.88 Å². The molecule has 1 nitrogen and oxygen atoms in total. The summed E-state index contributed by atoms with van der Waals surface area (Å²) >= 11 is 5.69. The zero-order valence-corrected chi connectivity index (χ0v) is 9.35. The van der Waals surface area contributed by atoms with E-state index in [4.69, 9.17) is 11.6 Å². The zero-order chi connectivity index (χ0) is 12.5. The van der Waals surface area contributed by atoms with Gasteiger partial charge in [-0.2, -0.15) is 0 Å². The second kappa shape index (κ2) is 4.45. The van der Waals surface area contributed by atoms with Gasteiger partial charge in [0.25, 0.3) is 0 Å². The van der Waals surface area contributed by atoms with Gasteiger partial charge in [0.1, 0.15) is 5.75 Å². The third-order valence-corrected chi connectivity index (χ3v) is 2.62. The van der Waals surface area contributed by atoms with Crippen LogP contribution in [-0.4, -0.2) is 6.36 Å². The minimum atomic E-state index is -4.71. The highest BCUT2D eigenvalue weighted by atomic mass is 35.5. The highest BCUT2D eigenvalue weighted by Crippen LogP contribution is 2.32. The van der Waals surface area contributed by atoms with Gasteiger partial charge < -0.3 is 4.74 Å². The average Bonchev–Trinajstić information content (AvgIpc) is 2.27. The Labute approximate surface area is 101 Å². The van der Waals surface area contributed by atoms with Crippen LogP contribution in [0.5, 0.6) is 5.75 Å². The van der Waals surface area contributed by atoms with Crippen molar-refractivity contribution in [3.8, 4) is 5.75 Å². The first-order chi connectivity index (χ1) is 8.01. The normalized spacial score (nSPS) is 11.8. The Morgan fingerprint density at radius 3 is 2.41 bits per heavy atom. The average molecular weight is 261 g/mol. The summed E-state index contributed by atoms with van der Waals surface area (Å²) in [6.45, 7) is 0. The van der Waals surface area contributed by atoms with Gasteiger partial charge in [-0.25, -0.2) is 0 Å². The molecule has 0 aromatic heterocycles. The van der Waals surface area contributed by atoms with Crippen LogP contribution in [-0.2, 0) is 5.88 Å². The van der Waals surface area contributed by atoms with Gasteiger partial charge >= 0.3 is 6.36 Å². The first-order valence-corrected chi connectivity index (χ1v) is 5.37. The molecule has 0 saturated carbocycles. The van der Waals surface area contributed by atoms with Crippen molar-refractivity contribution < 1.29 is 17.9 Å². The van der Waals surface area contributed by atoms with E-state index >= 15 is 0 Å². The fraction of sp³-hybridized carbons (Fsp3) is 0.167. The lowest BCUT2D eigenvalue weighted by Crippen LogP contribution is -2.18. The number of ether oxygens (including phenoxy) is 1. The fourth-order valence-corrected chi connectivity index (χ4v) is 1.95. The van der Waals surface area contributed by atoms with Crippen LogP contribution in [0.4, 0.5) is 13.2 Å². The van der Waals surface area contributed by atoms with Gasteiger partial charge in [-0.05, 0) is 16.8 Å². The number of fused-ring (bicyclic) bond motifs is 1. The predicted molar refractivity (Wildman–Crippen MR) is 60.2 cm³/mol. The maximum absolute atomic E-state index is 12.2. The van der Waals surface area contributed by atoms with Crippen molar-refractivity contribution in [1.29, 1.82) is 0 Å². The summed E-state index contributed by atoms with van der Waals surface area (Å²) < 4.78 is 40.5. The van der Waals surface area contributed by atoms with Crippen molar-refractivity contribution >= 4 is 22.4 Å². The second-order valence-corrected chi connectivity index (χ2v) is 3.71. The van der Waals surface area contributed by atoms with E-state index in [-0.39, 0.29) is 11.6 Å². The van der Waals surface area contributed by atoms with E-state index in [0.29, 0.717) is 10.9 Å². The molecule has 0 fully saturated rings. The first-order valence-electron chi connectivity index (χ1n) is 4.83. The van der Waals surface area contributed by atoms with E-state index in [0.717, 1.165) is 5.39 Å². The number of halogens is 4. The van der Waals surface area contributed by atoms with Crippen LogP contribution in [0, 0.1) is 0 Å². The molecule has 2 rings (SSSR count). The Morgan fingerprint density at radius 2 is 1.76 bits per heavy atom. The monoisotopic (exact) mass is 260 g/mol. The quantitative estimate of drug-likeness (QED) is 0.724. The number of hydrogen-bond acceptors (Lipinski definition) is 1. The van der Waals surface area contributed by atoms with Crippen molar-refractivity contribution in [3.63, 3.8) is 0 Å². The summed E-state index contributed by atoms with van der Waals surface area (Å²) in [6, 6.07) is 9.94. The van der Waals surface area contributed by atoms with E-state index in [1.807, 2.05) is 12.1 Å². The molecule has 17 heavy (non-hydrogen) atoms. The van der Waals surface area contributed by atoms with E-state index in [9.17, 15) is 13.2 Å². The number of alkyl halides is 4. The van der Waals surface area contributed by atoms with Gasteiger partial charge in [-0.15, -0.1) is 24.8 Å². The number of benzene rings is 2. The molecular weight excluding hydrogens is 253 g/mol. The predicted octanol–water partition coefficient (Wildman–Crippen LogP) is 4.48. The number of rotatable bonds is 2. The summed E-state index contributed by atoms with van der Waals surface area (Å²) in [4.78, 5) is 0. The highest BCUT2D eigenvalue weighted by Gasteiger charge is 2.32. The molecule has 0 aliphatic rings. The van der Waals surface area contributed by atoms with E-state index in [1.54, 1.807) is 18.2 Å². The van der Waals surface area contributed by atoms with Crippen LogP contribution < -0.4 is 4.74 Å². The van der Waals surface area contributed by atoms with Crippen molar-refractivity contribution in [3.05, 3.63) is 42.0 Å². The Morgan fingerprint density at radius 1 is 1.06 bits per heavy atom. The standard InChI is InChI=1S/C12H8ClF3O/c13-7-10-9-4-2-1-3-8(9)5-6-11(10)17-12(14,15)16/h1-6H,7H2. The summed E-state index contributed by atoms with van der Waals surface area (Å²) in [5.74, 6) is -0.279. The van der Waals surface area contributed by atoms with Crippen LogP contribution in [0.1, 0.15) is 5.56 Å². The molecular formula is C12H8ClF3O. The summed E-state index contributed by atoms with van der Waals surface area (Å²) in [5, 5.41) is 1.50. The Hall–Kier alpha value is -1.42. The van der Waals surface area contributed by atoms with E-state index < -0.39 is 6.36 Å². The molecule has 2 aromatic rings. The van der Waals surface area contributed by atoms with E-state index in [2.05, 4.69) is 4.74 Å². The summed E-state index contributed by atoms with van der Waals surface area (Å²) in [7, 11) is 0. The van der Waals surface area contributed by atoms with E-state index in [1.165, 1.54) is 6.07 Å². The number of hydrogen-bond donors (Lipinski definition) is 0. The topological polar surface area (TPSA) is 9.23 Å². The molecule has 0 bridgehead atoms. The molecule has 0 spiro atoms. The second-order valence-electron chi connectivity index (χ2n) is 3.44. The third-order valence-electron chi connectivity index (χ3n) is 2.36. The maximum Gasteiger partial charge on any atom is 0.573 e. The molecule has 90 valence electrons. The van der Waals surface area contributed by atoms with Crippen LogP contribution >= 0.6 is 11.6 Å². The molecule has 0 N–H and O–H groups in total. The van der Waals surface area contributed by atoms with Crippen molar-refractivity contribution in [2.45, 2.75) is 12.2 Å². The highest BCUT2D eigenvalue weighted by molar-refractivity contribution is 6.18. The Kier molecular flexibility index (Phi) is 3.15. The minimum Gasteiger partial charge on any atom is -0.405 e. The smallest absolute Gasteiger partial charge is 0.405 e. The van der Waals surface area contributed by atoms with Crippen molar-refractivity contribution in [2.75, 3.05) is 0 Å². The zero-order valence-electron chi connectivity index (χ0n) is 8.59. The molecule has 0 heterocycles. The SMILES string of the molecule is FC(F)(F)Oc1ccc2ccccc2c1CCl. The molecule has 0 saturated heterocycles. The maximum atomic E-state index is 12.2. The lowest BCUT2D eigenvalue weighted by Gasteiger charge is -2.13. The van der Waals surface area contributed by atoms with Gasteiger partial charge in [0, 0.05) is 5.56 Å². The van der Waals surface area contributed by atoms with Crippen molar-refractivity contribution in [1.82, 2.24) is 0 Å². The molecule has 0 aliphatic carbocycles. The van der Waals surface area contributed by atoms with Crippen LogP contribution in [0.2, 0.25) is 0 Å². The summed E-state index contributed by atoms with van der Waals surface area (Å²) in [6.07, 6.45) is -4.71. The Balaban J connectivity index is 2.57. The van der Waals surface area contributed by atoms with Crippen LogP contribution in [0.3, 0.4) is 0 Å². The summed E-state index contributed by atoms with van der Waals surface area (Å²) in [5.41, 5.74) is 0.349. The fourth-order valence-electron chi connectivity index (χ4n) is 1.67. The molecule has 0 aliphatic heterocycles. The van der Waals surface area contributed by atoms with Crippen LogP contribution in [0.25, 0.3) is 10.8 Å². The molecule has 0 unspecified atom stereocenters. The molecule has 0 amide bonds. The molecule has 0 radical (unpaired) electrons. The molecule has 5 heteroatoms. The first kappa shape index (κ1) is 12.0. The van der Waals surface area contributed by atoms with Gasteiger partial charge in [-0.1, -0.05) is 30.3 Å². The Bertz CT molecular complexity index is 537. The van der Waals surface area contributed by atoms with Crippen molar-refractivity contribution in [2.24, 2.45) is 0 Å². The van der Waals surface area contributed by atoms with Gasteiger partial charge in [-0.3, -0.25) is 0 Å². The van der Waals surface area contributed by atoms with Crippen LogP contribution in [0.15, 0.2) is 36.4 Å². The third kappa shape index (κ3) is 2.64. The largest absolute Gasteiger partial charge is 0.573 e. The molecule has 0 atom stereocenters. The van der Waals surface area contributed by atoms with Gasteiger partial charge in [0.2, 0.25) is 0 Å². The van der Waals surface area contributed by atoms with Gasteiger partial charge in [0.15, 0.2) is 0 Å². The minimum absolute atomic E-state index is 0.0350. The lowest BCUT2D eigenvalue weighted by molar-refractivity contribution is -0.274.